The molecule has 0 aliphatic carbocycles. The summed E-state index contributed by atoms with van der Waals surface area (Å²) in [7, 11) is 3.95. The maximum absolute atomic E-state index is 12.3. The number of hydrazine groups is 1. The first kappa shape index (κ1) is 30.7. The van der Waals surface area contributed by atoms with E-state index in [1.165, 1.54) is 6.08 Å². The van der Waals surface area contributed by atoms with Crippen LogP contribution in [0.25, 0.3) is 0 Å². The molecule has 0 spiro atoms. The molecular formula is C28H37N9O4S. The number of fused-ring (bicyclic) bond motifs is 1. The van der Waals surface area contributed by atoms with Crippen LogP contribution in [0.5, 0.6) is 5.75 Å². The molecule has 13 nitrogen and oxygen atoms in total. The molecule has 14 heteroatoms. The number of para-hydroxylation sites is 1. The fourth-order valence-electron chi connectivity index (χ4n) is 4.62. The van der Waals surface area contributed by atoms with Crippen molar-refractivity contribution in [2.75, 3.05) is 68.1 Å². The molecular weight excluding hydrogens is 558 g/mol. The van der Waals surface area contributed by atoms with Crippen LogP contribution >= 0.6 is 0 Å². The second-order valence-electron chi connectivity index (χ2n) is 10.3. The third kappa shape index (κ3) is 6.97. The van der Waals surface area contributed by atoms with Gasteiger partial charge in [0.2, 0.25) is 21.9 Å². The van der Waals surface area contributed by atoms with Crippen LogP contribution in [0.2, 0.25) is 0 Å². The van der Waals surface area contributed by atoms with Gasteiger partial charge in [0, 0.05) is 44.0 Å². The monoisotopic (exact) mass is 595 g/mol. The van der Waals surface area contributed by atoms with Crippen LogP contribution in [0.4, 0.5) is 34.5 Å². The lowest BCUT2D eigenvalue weighted by atomic mass is 10.0. The molecule has 1 aromatic heterocycles. The van der Waals surface area contributed by atoms with Crippen molar-refractivity contribution < 1.29 is 17.9 Å². The third-order valence-electron chi connectivity index (χ3n) is 6.58. The van der Waals surface area contributed by atoms with Gasteiger partial charge in [0.1, 0.15) is 11.4 Å². The minimum Gasteiger partial charge on any atom is -0.494 e. The van der Waals surface area contributed by atoms with Gasteiger partial charge in [-0.2, -0.15) is 9.71 Å². The number of rotatable bonds is 12. The van der Waals surface area contributed by atoms with Crippen LogP contribution in [-0.2, 0) is 20.5 Å². The van der Waals surface area contributed by atoms with E-state index in [4.69, 9.17) is 4.74 Å². The summed E-state index contributed by atoms with van der Waals surface area (Å²) in [6.45, 7) is 6.83. The highest BCUT2D eigenvalue weighted by atomic mass is 32.2. The lowest BCUT2D eigenvalue weighted by Crippen LogP contribution is -2.53. The average molecular weight is 596 g/mol. The summed E-state index contributed by atoms with van der Waals surface area (Å²) >= 11 is 0. The normalized spacial score (nSPS) is 16.2. The molecule has 4 N–H and O–H groups in total. The number of hydrogen-bond acceptors (Lipinski definition) is 11. The Morgan fingerprint density at radius 2 is 1.90 bits per heavy atom. The first-order chi connectivity index (χ1) is 19.8. The Morgan fingerprint density at radius 3 is 2.57 bits per heavy atom. The molecule has 3 aromatic rings. The van der Waals surface area contributed by atoms with Gasteiger partial charge in [0.25, 0.3) is 0 Å². The number of carbonyl (C=O) groups is 1. The molecule has 1 atom stereocenters. The van der Waals surface area contributed by atoms with E-state index >= 15 is 0 Å². The zero-order chi connectivity index (χ0) is 30.7. The first-order valence-electron chi connectivity index (χ1n) is 13.1. The molecule has 4 rings (SSSR count). The smallest absolute Gasteiger partial charge is 0.247 e. The topological polar surface area (TPSA) is 144 Å². The van der Waals surface area contributed by atoms with Gasteiger partial charge in [-0.25, -0.2) is 18.8 Å². The third-order valence-corrected chi connectivity index (χ3v) is 7.36. The van der Waals surface area contributed by atoms with Crippen molar-refractivity contribution in [2.45, 2.75) is 12.6 Å². The van der Waals surface area contributed by atoms with E-state index in [9.17, 15) is 13.2 Å². The molecule has 1 aliphatic rings. The molecule has 0 fully saturated rings. The molecule has 42 heavy (non-hydrogen) atoms. The number of aromatic nitrogens is 2. The van der Waals surface area contributed by atoms with Crippen LogP contribution in [0.3, 0.4) is 0 Å². The number of ether oxygens (including phenoxy) is 1. The Bertz CT molecular complexity index is 1580. The van der Waals surface area contributed by atoms with Crippen LogP contribution in [0.15, 0.2) is 61.3 Å². The number of nitrogens with one attached hydrogen (secondary N) is 4. The highest BCUT2D eigenvalue weighted by Crippen LogP contribution is 2.40. The van der Waals surface area contributed by atoms with Gasteiger partial charge in [-0.1, -0.05) is 24.8 Å². The summed E-state index contributed by atoms with van der Waals surface area (Å²) in [5, 5.41) is 7.78. The lowest BCUT2D eigenvalue weighted by Gasteiger charge is -2.28. The summed E-state index contributed by atoms with van der Waals surface area (Å²) in [5.74, 6) is 0.889. The predicted octanol–water partition coefficient (Wildman–Crippen LogP) is 2.73. The lowest BCUT2D eigenvalue weighted by molar-refractivity contribution is -0.111. The number of nitrogens with zero attached hydrogens (tertiary/aromatic N) is 5. The summed E-state index contributed by atoms with van der Waals surface area (Å²) in [6, 6.07) is 12.7. The van der Waals surface area contributed by atoms with Crippen molar-refractivity contribution in [1.82, 2.24) is 25.0 Å². The number of amides is 1. The first-order valence-corrected chi connectivity index (χ1v) is 15.0. The fourth-order valence-corrected chi connectivity index (χ4v) is 5.52. The summed E-state index contributed by atoms with van der Waals surface area (Å²) in [6.07, 6.45) is 3.91. The molecule has 0 bridgehead atoms. The van der Waals surface area contributed by atoms with Crippen LogP contribution in [-0.4, -0.2) is 76.8 Å². The fraction of sp³-hybridized carbons (Fsp3) is 0.321. The van der Waals surface area contributed by atoms with Crippen molar-refractivity contribution in [3.63, 3.8) is 0 Å². The second kappa shape index (κ2) is 12.3. The van der Waals surface area contributed by atoms with E-state index in [1.54, 1.807) is 37.4 Å². The van der Waals surface area contributed by atoms with E-state index < -0.39 is 15.7 Å². The minimum absolute atomic E-state index is 0.254. The number of likely N-dealkylation sites (N-methyl/N-ethyl adjacent to an activating group) is 2. The molecule has 2 heterocycles. The maximum atomic E-state index is 12.3. The second-order valence-corrected chi connectivity index (χ2v) is 12.1. The van der Waals surface area contributed by atoms with Crippen molar-refractivity contribution in [3.05, 3.63) is 66.9 Å². The SMILES string of the molecule is C=CC(=O)Nc1cc(Nc2nccc(N3NC(C)(NS(C)(=O)=O)c4ccccc43)n2)c(OC)cc1N(C)CCN(C)C. The van der Waals surface area contributed by atoms with Gasteiger partial charge >= 0.3 is 0 Å². The molecule has 224 valence electrons. The van der Waals surface area contributed by atoms with Gasteiger partial charge in [-0.3, -0.25) is 9.80 Å². The van der Waals surface area contributed by atoms with Crippen molar-refractivity contribution in [2.24, 2.45) is 0 Å². The highest BCUT2D eigenvalue weighted by Gasteiger charge is 2.41. The predicted molar refractivity (Wildman–Crippen MR) is 166 cm³/mol. The zero-order valence-electron chi connectivity index (χ0n) is 24.6. The van der Waals surface area contributed by atoms with Gasteiger partial charge < -0.3 is 25.2 Å². The minimum atomic E-state index is -3.54. The summed E-state index contributed by atoms with van der Waals surface area (Å²) < 4.78 is 32.7. The number of methoxy groups -OCH3 is 1. The van der Waals surface area contributed by atoms with Crippen molar-refractivity contribution in [3.8, 4) is 5.75 Å². The molecule has 1 aliphatic heterocycles. The molecule has 1 unspecified atom stereocenters. The molecule has 0 radical (unpaired) electrons. The molecule has 1 amide bonds. The van der Waals surface area contributed by atoms with Crippen molar-refractivity contribution >= 4 is 50.4 Å². The number of anilines is 6. The Hall–Kier alpha value is -4.24. The van der Waals surface area contributed by atoms with Gasteiger partial charge in [0.05, 0.1) is 36.1 Å². The van der Waals surface area contributed by atoms with E-state index in [1.807, 2.05) is 56.4 Å². The van der Waals surface area contributed by atoms with Gasteiger partial charge in [0.15, 0.2) is 5.82 Å². The number of sulfonamides is 1. The van der Waals surface area contributed by atoms with Crippen LogP contribution in [0, 0.1) is 0 Å². The number of carbonyl (C=O) groups excluding carboxylic acids is 1. The molecule has 2 aromatic carbocycles. The van der Waals surface area contributed by atoms with Gasteiger partial charge in [-0.05, 0) is 39.2 Å². The zero-order valence-corrected chi connectivity index (χ0v) is 25.4. The van der Waals surface area contributed by atoms with Crippen LogP contribution < -0.4 is 35.4 Å². The number of hydrogen-bond donors (Lipinski definition) is 4. The van der Waals surface area contributed by atoms with E-state index in [0.717, 1.165) is 29.7 Å². The summed E-state index contributed by atoms with van der Waals surface area (Å²) in [4.78, 5) is 25.5. The average Bonchev–Trinajstić information content (AvgIpc) is 3.22. The Kier molecular flexibility index (Phi) is 9.01. The quantitative estimate of drug-likeness (QED) is 0.230. The Labute approximate surface area is 246 Å². The Balaban J connectivity index is 1.69. The molecule has 0 saturated carbocycles. The van der Waals surface area contributed by atoms with Gasteiger partial charge in [-0.15, -0.1) is 0 Å². The largest absolute Gasteiger partial charge is 0.494 e. The maximum Gasteiger partial charge on any atom is 0.247 e. The van der Waals surface area contributed by atoms with Crippen molar-refractivity contribution in [1.29, 1.82) is 0 Å². The standard InChI is InChI=1S/C28H37N9O4S/c1-8-26(38)30-20-17-21(24(41-6)18-23(20)36(5)16-15-35(3)4)31-27-29-14-13-25(32-27)37-22-12-10-9-11-19(22)28(2,33-37)34-42(7,39)40/h8-14,17-18,33-34H,1,15-16H2,2-7H3,(H,30,38)(H,29,31,32). The van der Waals surface area contributed by atoms with E-state index in [2.05, 4.69) is 42.2 Å². The Morgan fingerprint density at radius 1 is 1.17 bits per heavy atom. The van der Waals surface area contributed by atoms with Crippen LogP contribution in [0.1, 0.15) is 12.5 Å². The highest BCUT2D eigenvalue weighted by molar-refractivity contribution is 7.88. The summed E-state index contributed by atoms with van der Waals surface area (Å²) in [5.41, 5.74) is 5.45. The molecule has 0 saturated heterocycles. The number of benzene rings is 2. The van der Waals surface area contributed by atoms with E-state index in [0.29, 0.717) is 29.5 Å². The van der Waals surface area contributed by atoms with E-state index in [-0.39, 0.29) is 11.9 Å².